The van der Waals surface area contributed by atoms with E-state index in [4.69, 9.17) is 15.3 Å². The number of carbonyl (C=O) groups excluding carboxylic acids is 2. The average molecular weight is 254 g/mol. The van der Waals surface area contributed by atoms with Gasteiger partial charge >= 0.3 is 5.97 Å². The van der Waals surface area contributed by atoms with E-state index in [2.05, 4.69) is 5.32 Å². The molecule has 1 rings (SSSR count). The minimum absolute atomic E-state index is 0.00238. The van der Waals surface area contributed by atoms with Gasteiger partial charge in [0.25, 0.3) is 5.91 Å². The summed E-state index contributed by atoms with van der Waals surface area (Å²) in [4.78, 5) is 33.1. The van der Waals surface area contributed by atoms with E-state index >= 15 is 0 Å². The fourth-order valence-electron chi connectivity index (χ4n) is 1.32. The maximum atomic E-state index is 11.6. The van der Waals surface area contributed by atoms with Crippen molar-refractivity contribution < 1.29 is 23.9 Å². The second-order valence-electron chi connectivity index (χ2n) is 3.65. The van der Waals surface area contributed by atoms with Gasteiger partial charge in [0.05, 0.1) is 6.42 Å². The zero-order valence-electron chi connectivity index (χ0n) is 9.80. The molecule has 98 valence electrons. The van der Waals surface area contributed by atoms with Crippen LogP contribution in [-0.2, 0) is 16.0 Å². The maximum absolute atomic E-state index is 11.6. The molecule has 1 atom stereocenters. The minimum Gasteiger partial charge on any atom is -0.480 e. The second-order valence-corrected chi connectivity index (χ2v) is 3.65. The van der Waals surface area contributed by atoms with E-state index in [0.29, 0.717) is 12.2 Å². The number of aliphatic carboxylic acids is 1. The Labute approximate surface area is 103 Å². The van der Waals surface area contributed by atoms with Crippen molar-refractivity contribution in [2.75, 3.05) is 0 Å². The molecule has 18 heavy (non-hydrogen) atoms. The van der Waals surface area contributed by atoms with Crippen molar-refractivity contribution in [3.05, 3.63) is 23.7 Å². The number of hydrogen-bond donors (Lipinski definition) is 3. The van der Waals surface area contributed by atoms with Crippen molar-refractivity contribution in [1.82, 2.24) is 5.32 Å². The third-order valence-electron chi connectivity index (χ3n) is 2.24. The highest BCUT2D eigenvalue weighted by molar-refractivity contribution is 5.95. The second kappa shape index (κ2) is 5.85. The number of nitrogens with one attached hydrogen (secondary N) is 1. The van der Waals surface area contributed by atoms with Crippen molar-refractivity contribution >= 4 is 17.8 Å². The van der Waals surface area contributed by atoms with Crippen LogP contribution in [0.5, 0.6) is 0 Å². The van der Waals surface area contributed by atoms with Gasteiger partial charge in [0, 0.05) is 6.42 Å². The Morgan fingerprint density at radius 3 is 2.56 bits per heavy atom. The molecule has 2 amide bonds. The molecule has 0 aliphatic rings. The number of hydrogen-bond acceptors (Lipinski definition) is 4. The highest BCUT2D eigenvalue weighted by Gasteiger charge is 2.23. The van der Waals surface area contributed by atoms with Gasteiger partial charge < -0.3 is 20.6 Å². The molecule has 1 aromatic heterocycles. The Morgan fingerprint density at radius 1 is 1.44 bits per heavy atom. The van der Waals surface area contributed by atoms with Gasteiger partial charge in [-0.2, -0.15) is 0 Å². The van der Waals surface area contributed by atoms with Crippen LogP contribution in [0.4, 0.5) is 0 Å². The predicted molar refractivity (Wildman–Crippen MR) is 60.8 cm³/mol. The third kappa shape index (κ3) is 3.62. The van der Waals surface area contributed by atoms with E-state index in [1.807, 2.05) is 6.92 Å². The number of rotatable bonds is 6. The lowest BCUT2D eigenvalue weighted by Crippen LogP contribution is -2.43. The SMILES string of the molecule is CCc1ccc(C(=O)NC(CC(N)=O)C(=O)O)o1. The molecule has 0 bridgehead atoms. The van der Waals surface area contributed by atoms with Crippen LogP contribution in [0.2, 0.25) is 0 Å². The highest BCUT2D eigenvalue weighted by atomic mass is 16.4. The Hall–Kier alpha value is -2.31. The molecule has 4 N–H and O–H groups in total. The molecular weight excluding hydrogens is 240 g/mol. The fraction of sp³-hybridized carbons (Fsp3) is 0.364. The zero-order chi connectivity index (χ0) is 13.7. The van der Waals surface area contributed by atoms with E-state index < -0.39 is 30.2 Å². The van der Waals surface area contributed by atoms with Gasteiger partial charge in [0.15, 0.2) is 5.76 Å². The molecule has 1 unspecified atom stereocenters. The molecule has 0 saturated heterocycles. The number of furan rings is 1. The summed E-state index contributed by atoms with van der Waals surface area (Å²) < 4.78 is 5.16. The quantitative estimate of drug-likeness (QED) is 0.654. The molecular formula is C11H14N2O5. The summed E-state index contributed by atoms with van der Waals surface area (Å²) in [6, 6.07) is 1.71. The molecule has 1 aromatic rings. The fourth-order valence-corrected chi connectivity index (χ4v) is 1.32. The molecule has 0 spiro atoms. The molecule has 1 heterocycles. The summed E-state index contributed by atoms with van der Waals surface area (Å²) >= 11 is 0. The van der Waals surface area contributed by atoms with Crippen molar-refractivity contribution in [2.45, 2.75) is 25.8 Å². The first-order valence-corrected chi connectivity index (χ1v) is 5.34. The molecule has 0 aliphatic carbocycles. The van der Waals surface area contributed by atoms with Crippen LogP contribution in [0.15, 0.2) is 16.5 Å². The van der Waals surface area contributed by atoms with Crippen LogP contribution < -0.4 is 11.1 Å². The van der Waals surface area contributed by atoms with E-state index in [9.17, 15) is 14.4 Å². The van der Waals surface area contributed by atoms with Crippen LogP contribution in [0, 0.1) is 0 Å². The average Bonchev–Trinajstić information content (AvgIpc) is 2.75. The first kappa shape index (κ1) is 13.8. The van der Waals surface area contributed by atoms with Gasteiger partial charge in [-0.25, -0.2) is 4.79 Å². The molecule has 0 fully saturated rings. The molecule has 0 radical (unpaired) electrons. The van der Waals surface area contributed by atoms with Gasteiger partial charge in [0.2, 0.25) is 5.91 Å². The van der Waals surface area contributed by atoms with Gasteiger partial charge in [-0.1, -0.05) is 6.92 Å². The summed E-state index contributed by atoms with van der Waals surface area (Å²) in [5, 5.41) is 11.0. The first-order chi connectivity index (χ1) is 8.43. The van der Waals surface area contributed by atoms with Gasteiger partial charge in [-0.3, -0.25) is 9.59 Å². The maximum Gasteiger partial charge on any atom is 0.326 e. The standard InChI is InChI=1S/C11H14N2O5/c1-2-6-3-4-8(18-6)10(15)13-7(11(16)17)5-9(12)14/h3-4,7H,2,5H2,1H3,(H2,12,14)(H,13,15)(H,16,17). The van der Waals surface area contributed by atoms with E-state index in [-0.39, 0.29) is 5.76 Å². The van der Waals surface area contributed by atoms with Crippen molar-refractivity contribution in [2.24, 2.45) is 5.73 Å². The molecule has 0 aromatic carbocycles. The van der Waals surface area contributed by atoms with Crippen molar-refractivity contribution in [1.29, 1.82) is 0 Å². The van der Waals surface area contributed by atoms with Crippen LogP contribution in [0.25, 0.3) is 0 Å². The highest BCUT2D eigenvalue weighted by Crippen LogP contribution is 2.08. The third-order valence-corrected chi connectivity index (χ3v) is 2.24. The van der Waals surface area contributed by atoms with E-state index in [0.717, 1.165) is 0 Å². The Kier molecular flexibility index (Phi) is 4.47. The van der Waals surface area contributed by atoms with Gasteiger partial charge in [0.1, 0.15) is 11.8 Å². The Bertz CT molecular complexity index is 466. The largest absolute Gasteiger partial charge is 0.480 e. The lowest BCUT2D eigenvalue weighted by atomic mass is 10.2. The molecule has 0 saturated carbocycles. The van der Waals surface area contributed by atoms with Gasteiger partial charge in [-0.05, 0) is 12.1 Å². The monoisotopic (exact) mass is 254 g/mol. The van der Waals surface area contributed by atoms with Crippen LogP contribution in [-0.4, -0.2) is 28.9 Å². The Morgan fingerprint density at radius 2 is 2.11 bits per heavy atom. The van der Waals surface area contributed by atoms with E-state index in [1.54, 1.807) is 6.07 Å². The van der Waals surface area contributed by atoms with Crippen molar-refractivity contribution in [3.8, 4) is 0 Å². The zero-order valence-corrected chi connectivity index (χ0v) is 9.80. The molecule has 7 nitrogen and oxygen atoms in total. The van der Waals surface area contributed by atoms with Crippen LogP contribution in [0.3, 0.4) is 0 Å². The Balaban J connectivity index is 2.71. The summed E-state index contributed by atoms with van der Waals surface area (Å²) in [6.07, 6.45) is 0.152. The number of aryl methyl sites for hydroxylation is 1. The predicted octanol–water partition coefficient (Wildman–Crippen LogP) is -0.0996. The summed E-state index contributed by atoms with van der Waals surface area (Å²) in [7, 11) is 0. The van der Waals surface area contributed by atoms with Crippen LogP contribution in [0.1, 0.15) is 29.7 Å². The smallest absolute Gasteiger partial charge is 0.326 e. The van der Waals surface area contributed by atoms with Gasteiger partial charge in [-0.15, -0.1) is 0 Å². The van der Waals surface area contributed by atoms with E-state index in [1.165, 1.54) is 6.07 Å². The van der Waals surface area contributed by atoms with Crippen molar-refractivity contribution in [3.63, 3.8) is 0 Å². The number of carbonyl (C=O) groups is 3. The number of nitrogens with two attached hydrogens (primary N) is 1. The number of primary amides is 1. The summed E-state index contributed by atoms with van der Waals surface area (Å²) in [5.41, 5.74) is 4.89. The topological polar surface area (TPSA) is 123 Å². The molecule has 0 aliphatic heterocycles. The number of amides is 2. The van der Waals surface area contributed by atoms with Crippen LogP contribution >= 0.6 is 0 Å². The lowest BCUT2D eigenvalue weighted by molar-refractivity contribution is -0.140. The minimum atomic E-state index is -1.36. The molecule has 7 heteroatoms. The summed E-state index contributed by atoms with van der Waals surface area (Å²) in [5.74, 6) is -2.21. The first-order valence-electron chi connectivity index (χ1n) is 5.34. The number of carboxylic acids is 1. The normalized spacial score (nSPS) is 11.8. The lowest BCUT2D eigenvalue weighted by Gasteiger charge is -2.11. The number of carboxylic acid groups (broad SMARTS) is 1. The summed E-state index contributed by atoms with van der Waals surface area (Å²) in [6.45, 7) is 1.85.